The first-order valence-corrected chi connectivity index (χ1v) is 5.49. The van der Waals surface area contributed by atoms with Crippen LogP contribution in [0.2, 0.25) is 5.02 Å². The predicted molar refractivity (Wildman–Crippen MR) is 63.3 cm³/mol. The number of hydrogen-bond acceptors (Lipinski definition) is 2. The maximum absolute atomic E-state index is 12.9. The average Bonchev–Trinajstić information content (AvgIpc) is 2.32. The molecule has 0 fully saturated rings. The summed E-state index contributed by atoms with van der Waals surface area (Å²) in [6, 6.07) is 4.30. The Hall–Kier alpha value is -1.50. The average molecular weight is 299 g/mol. The molecule has 0 spiro atoms. The standard InChI is InChI=1S/C11H11ClF4N2O/c1-18(10(19)11(15,16)9(13)14)5-6-4-7(17)2-3-8(6)12/h2-4,9H,5,17H2,1H3. The molecule has 3 nitrogen and oxygen atoms in total. The van der Waals surface area contributed by atoms with Gasteiger partial charge in [-0.1, -0.05) is 11.6 Å². The molecule has 0 aliphatic carbocycles. The summed E-state index contributed by atoms with van der Waals surface area (Å²) in [6.45, 7) is -0.342. The molecule has 106 valence electrons. The topological polar surface area (TPSA) is 46.3 Å². The molecule has 0 unspecified atom stereocenters. The number of anilines is 1. The van der Waals surface area contributed by atoms with Crippen molar-refractivity contribution in [2.24, 2.45) is 0 Å². The fraction of sp³-hybridized carbons (Fsp3) is 0.364. The van der Waals surface area contributed by atoms with Gasteiger partial charge in [-0.15, -0.1) is 0 Å². The first kappa shape index (κ1) is 15.6. The van der Waals surface area contributed by atoms with Crippen LogP contribution in [0.25, 0.3) is 0 Å². The molecule has 0 radical (unpaired) electrons. The highest BCUT2D eigenvalue weighted by Gasteiger charge is 2.50. The lowest BCUT2D eigenvalue weighted by Crippen LogP contribution is -2.45. The molecule has 1 rings (SSSR count). The summed E-state index contributed by atoms with van der Waals surface area (Å²) < 4.78 is 49.9. The second kappa shape index (κ2) is 5.64. The van der Waals surface area contributed by atoms with Crippen LogP contribution in [-0.4, -0.2) is 30.2 Å². The van der Waals surface area contributed by atoms with Crippen molar-refractivity contribution in [3.05, 3.63) is 28.8 Å². The van der Waals surface area contributed by atoms with Gasteiger partial charge in [-0.05, 0) is 23.8 Å². The summed E-state index contributed by atoms with van der Waals surface area (Å²) in [6.07, 6.45) is -4.06. The summed E-state index contributed by atoms with van der Waals surface area (Å²) in [4.78, 5) is 11.7. The largest absolute Gasteiger partial charge is 0.399 e. The van der Waals surface area contributed by atoms with Crippen LogP contribution in [0.5, 0.6) is 0 Å². The van der Waals surface area contributed by atoms with Crippen molar-refractivity contribution in [2.75, 3.05) is 12.8 Å². The summed E-state index contributed by atoms with van der Waals surface area (Å²) in [5.41, 5.74) is 6.10. The van der Waals surface area contributed by atoms with Crippen LogP contribution in [-0.2, 0) is 11.3 Å². The number of nitrogens with two attached hydrogens (primary N) is 1. The SMILES string of the molecule is CN(Cc1cc(N)ccc1Cl)C(=O)C(F)(F)C(F)F. The summed E-state index contributed by atoms with van der Waals surface area (Å²) in [5, 5.41) is 0.203. The normalized spacial score (nSPS) is 11.7. The fourth-order valence-electron chi connectivity index (χ4n) is 1.39. The number of carbonyl (C=O) groups is 1. The van der Waals surface area contributed by atoms with Crippen molar-refractivity contribution < 1.29 is 22.4 Å². The van der Waals surface area contributed by atoms with Gasteiger partial charge in [-0.3, -0.25) is 4.79 Å². The van der Waals surface area contributed by atoms with Crippen LogP contribution >= 0.6 is 11.6 Å². The van der Waals surface area contributed by atoms with E-state index < -0.39 is 18.3 Å². The zero-order chi connectivity index (χ0) is 14.8. The van der Waals surface area contributed by atoms with Crippen molar-refractivity contribution in [1.82, 2.24) is 4.90 Å². The fourth-order valence-corrected chi connectivity index (χ4v) is 1.57. The van der Waals surface area contributed by atoms with Gasteiger partial charge in [0.1, 0.15) is 0 Å². The third-order valence-electron chi connectivity index (χ3n) is 2.38. The van der Waals surface area contributed by atoms with Crippen LogP contribution in [0.3, 0.4) is 0 Å². The van der Waals surface area contributed by atoms with E-state index >= 15 is 0 Å². The number of halogens is 5. The van der Waals surface area contributed by atoms with Crippen LogP contribution in [0.4, 0.5) is 23.2 Å². The van der Waals surface area contributed by atoms with Crippen molar-refractivity contribution in [3.63, 3.8) is 0 Å². The summed E-state index contributed by atoms with van der Waals surface area (Å²) in [7, 11) is 0.984. The number of nitrogens with zero attached hydrogens (tertiary/aromatic N) is 1. The number of amides is 1. The molecule has 0 aromatic heterocycles. The zero-order valence-electron chi connectivity index (χ0n) is 9.84. The molecule has 1 aromatic rings. The monoisotopic (exact) mass is 298 g/mol. The van der Waals surface area contributed by atoms with Crippen molar-refractivity contribution in [1.29, 1.82) is 0 Å². The van der Waals surface area contributed by atoms with Crippen LogP contribution in [0.1, 0.15) is 5.56 Å². The van der Waals surface area contributed by atoms with Crippen LogP contribution < -0.4 is 5.73 Å². The molecule has 19 heavy (non-hydrogen) atoms. The van der Waals surface area contributed by atoms with Gasteiger partial charge in [0.15, 0.2) is 0 Å². The second-order valence-electron chi connectivity index (χ2n) is 3.94. The van der Waals surface area contributed by atoms with E-state index in [1.807, 2.05) is 0 Å². The molecule has 1 aromatic carbocycles. The van der Waals surface area contributed by atoms with E-state index in [0.29, 0.717) is 16.2 Å². The number of alkyl halides is 4. The van der Waals surface area contributed by atoms with E-state index in [1.165, 1.54) is 18.2 Å². The summed E-state index contributed by atoms with van der Waals surface area (Å²) in [5.74, 6) is -6.69. The van der Waals surface area contributed by atoms with E-state index in [9.17, 15) is 22.4 Å². The quantitative estimate of drug-likeness (QED) is 0.686. The Morgan fingerprint density at radius 1 is 1.47 bits per heavy atom. The molecule has 0 heterocycles. The third kappa shape index (κ3) is 3.50. The smallest absolute Gasteiger partial charge is 0.383 e. The van der Waals surface area contributed by atoms with Gasteiger partial charge in [0.25, 0.3) is 5.91 Å². The number of rotatable bonds is 4. The molecule has 0 aliphatic rings. The molecule has 0 atom stereocenters. The zero-order valence-corrected chi connectivity index (χ0v) is 10.6. The maximum atomic E-state index is 12.9. The minimum Gasteiger partial charge on any atom is -0.399 e. The molecule has 0 aliphatic heterocycles. The predicted octanol–water partition coefficient (Wildman–Crippen LogP) is 2.78. The van der Waals surface area contributed by atoms with E-state index in [-0.39, 0.29) is 11.6 Å². The number of hydrogen-bond donors (Lipinski definition) is 1. The Balaban J connectivity index is 2.88. The first-order valence-electron chi connectivity index (χ1n) is 5.11. The molecule has 0 bridgehead atoms. The van der Waals surface area contributed by atoms with E-state index in [1.54, 1.807) is 0 Å². The van der Waals surface area contributed by atoms with Gasteiger partial charge in [0, 0.05) is 24.3 Å². The third-order valence-corrected chi connectivity index (χ3v) is 2.75. The minimum atomic E-state index is -4.72. The van der Waals surface area contributed by atoms with Crippen molar-refractivity contribution >= 4 is 23.2 Å². The van der Waals surface area contributed by atoms with E-state index in [2.05, 4.69) is 0 Å². The molecule has 1 amide bonds. The summed E-state index contributed by atoms with van der Waals surface area (Å²) >= 11 is 5.79. The van der Waals surface area contributed by atoms with Crippen molar-refractivity contribution in [2.45, 2.75) is 18.9 Å². The van der Waals surface area contributed by atoms with Crippen LogP contribution in [0, 0.1) is 0 Å². The Labute approximate surface area is 111 Å². The number of benzene rings is 1. The Bertz CT molecular complexity index is 482. The lowest BCUT2D eigenvalue weighted by Gasteiger charge is -2.23. The number of nitrogen functional groups attached to an aromatic ring is 1. The first-order chi connectivity index (χ1) is 8.66. The van der Waals surface area contributed by atoms with Gasteiger partial charge in [-0.25, -0.2) is 8.78 Å². The minimum absolute atomic E-state index is 0.203. The van der Waals surface area contributed by atoms with Crippen molar-refractivity contribution in [3.8, 4) is 0 Å². The molecule has 0 saturated heterocycles. The van der Waals surface area contributed by atoms with Gasteiger partial charge >= 0.3 is 12.3 Å². The van der Waals surface area contributed by atoms with Crippen LogP contribution in [0.15, 0.2) is 18.2 Å². The Kier molecular flexibility index (Phi) is 4.62. The highest BCUT2D eigenvalue weighted by Crippen LogP contribution is 2.27. The van der Waals surface area contributed by atoms with Gasteiger partial charge in [0.2, 0.25) is 0 Å². The lowest BCUT2D eigenvalue weighted by molar-refractivity contribution is -0.179. The lowest BCUT2D eigenvalue weighted by atomic mass is 10.2. The number of carbonyl (C=O) groups excluding carboxylic acids is 1. The van der Waals surface area contributed by atoms with E-state index in [0.717, 1.165) is 7.05 Å². The maximum Gasteiger partial charge on any atom is 0.383 e. The molecule has 8 heteroatoms. The van der Waals surface area contributed by atoms with Gasteiger partial charge in [0.05, 0.1) is 0 Å². The molecular weight excluding hydrogens is 288 g/mol. The molecule has 2 N–H and O–H groups in total. The highest BCUT2D eigenvalue weighted by atomic mass is 35.5. The Morgan fingerprint density at radius 3 is 2.58 bits per heavy atom. The van der Waals surface area contributed by atoms with Gasteiger partial charge in [-0.2, -0.15) is 8.78 Å². The van der Waals surface area contributed by atoms with E-state index in [4.69, 9.17) is 17.3 Å². The highest BCUT2D eigenvalue weighted by molar-refractivity contribution is 6.31. The van der Waals surface area contributed by atoms with Gasteiger partial charge < -0.3 is 10.6 Å². The Morgan fingerprint density at radius 2 is 2.05 bits per heavy atom. The molecule has 0 saturated carbocycles. The second-order valence-corrected chi connectivity index (χ2v) is 4.34. The molecular formula is C11H11ClF4N2O.